The van der Waals surface area contributed by atoms with Gasteiger partial charge in [0.1, 0.15) is 11.6 Å². The Balaban J connectivity index is 2.40. The number of benzene rings is 1. The molecule has 1 aliphatic rings. The lowest BCUT2D eigenvalue weighted by Gasteiger charge is -2.45. The summed E-state index contributed by atoms with van der Waals surface area (Å²) in [6, 6.07) is 4.76. The van der Waals surface area contributed by atoms with Gasteiger partial charge < -0.3 is 10.2 Å². The molecule has 114 valence electrons. The smallest absolute Gasteiger partial charge is 0.246 e. The van der Waals surface area contributed by atoms with Crippen molar-refractivity contribution >= 4 is 35.0 Å². The summed E-state index contributed by atoms with van der Waals surface area (Å²) in [6.07, 6.45) is 0.523. The van der Waals surface area contributed by atoms with E-state index in [-0.39, 0.29) is 18.4 Å². The number of carbonyl (C=O) groups excluding carboxylic acids is 2. The van der Waals surface area contributed by atoms with Crippen LogP contribution in [0.5, 0.6) is 0 Å². The fraction of sp³-hybridized carbons (Fsp3) is 0.467. The molecule has 21 heavy (non-hydrogen) atoms. The van der Waals surface area contributed by atoms with Crippen molar-refractivity contribution in [2.24, 2.45) is 0 Å². The van der Waals surface area contributed by atoms with Crippen LogP contribution in [0.4, 0.5) is 0 Å². The van der Waals surface area contributed by atoms with Crippen molar-refractivity contribution in [3.63, 3.8) is 0 Å². The van der Waals surface area contributed by atoms with Crippen molar-refractivity contribution in [3.8, 4) is 0 Å². The molecule has 0 radical (unpaired) electrons. The molecule has 1 fully saturated rings. The first-order valence-corrected chi connectivity index (χ1v) is 7.62. The number of hydrogen-bond acceptors (Lipinski definition) is 2. The first-order valence-electron chi connectivity index (χ1n) is 6.86. The van der Waals surface area contributed by atoms with Crippen molar-refractivity contribution in [2.45, 2.75) is 45.3 Å². The average molecular weight is 329 g/mol. The molecule has 1 saturated heterocycles. The Bertz CT molecular complexity index is 591. The SMILES string of the molecule is CCC1(C)C(=O)NC(C)C(=O)N1Cc1cccc(Cl)c1Cl. The lowest BCUT2D eigenvalue weighted by Crippen LogP contribution is -2.68. The number of hydrogen-bond donors (Lipinski definition) is 1. The summed E-state index contributed by atoms with van der Waals surface area (Å²) in [5.41, 5.74) is -0.144. The van der Waals surface area contributed by atoms with E-state index >= 15 is 0 Å². The van der Waals surface area contributed by atoms with E-state index in [1.165, 1.54) is 0 Å². The number of piperazine rings is 1. The van der Waals surface area contributed by atoms with Crippen molar-refractivity contribution in [1.82, 2.24) is 10.2 Å². The maximum atomic E-state index is 12.5. The van der Waals surface area contributed by atoms with Crippen LogP contribution in [-0.2, 0) is 16.1 Å². The zero-order chi connectivity index (χ0) is 15.8. The molecule has 0 saturated carbocycles. The van der Waals surface area contributed by atoms with E-state index in [9.17, 15) is 9.59 Å². The second-order valence-corrected chi connectivity index (χ2v) is 6.25. The zero-order valence-corrected chi connectivity index (χ0v) is 13.8. The summed E-state index contributed by atoms with van der Waals surface area (Å²) < 4.78 is 0. The van der Waals surface area contributed by atoms with E-state index in [0.717, 1.165) is 5.56 Å². The number of carbonyl (C=O) groups is 2. The Kier molecular flexibility index (Phi) is 4.49. The Morgan fingerprint density at radius 2 is 2.00 bits per heavy atom. The highest BCUT2D eigenvalue weighted by atomic mass is 35.5. The third kappa shape index (κ3) is 2.74. The zero-order valence-electron chi connectivity index (χ0n) is 12.2. The molecule has 1 aromatic carbocycles. The minimum absolute atomic E-state index is 0.116. The Labute approximate surface area is 134 Å². The van der Waals surface area contributed by atoms with Gasteiger partial charge in [-0.25, -0.2) is 0 Å². The largest absolute Gasteiger partial charge is 0.343 e. The minimum atomic E-state index is -0.880. The van der Waals surface area contributed by atoms with Gasteiger partial charge in [0.2, 0.25) is 11.8 Å². The van der Waals surface area contributed by atoms with E-state index in [1.807, 2.05) is 13.0 Å². The molecule has 1 heterocycles. The minimum Gasteiger partial charge on any atom is -0.343 e. The molecule has 0 spiro atoms. The predicted octanol–water partition coefficient (Wildman–Crippen LogP) is 3.01. The third-order valence-corrected chi connectivity index (χ3v) is 4.98. The van der Waals surface area contributed by atoms with E-state index in [0.29, 0.717) is 16.5 Å². The Hall–Kier alpha value is -1.26. The summed E-state index contributed by atoms with van der Waals surface area (Å²) in [7, 11) is 0. The lowest BCUT2D eigenvalue weighted by molar-refractivity contribution is -0.157. The van der Waals surface area contributed by atoms with Gasteiger partial charge in [0.15, 0.2) is 0 Å². The average Bonchev–Trinajstić information content (AvgIpc) is 2.45. The standard InChI is InChI=1S/C15H18Cl2N2O2/c1-4-15(3)14(21)18-9(2)13(20)19(15)8-10-6-5-7-11(16)12(10)17/h5-7,9H,4,8H2,1-3H3,(H,18,21). The summed E-state index contributed by atoms with van der Waals surface area (Å²) in [6.45, 7) is 5.60. The molecular formula is C15H18Cl2N2O2. The van der Waals surface area contributed by atoms with Crippen LogP contribution in [0.25, 0.3) is 0 Å². The van der Waals surface area contributed by atoms with Gasteiger partial charge in [0.05, 0.1) is 10.0 Å². The van der Waals surface area contributed by atoms with Crippen molar-refractivity contribution in [2.75, 3.05) is 0 Å². The van der Waals surface area contributed by atoms with Gasteiger partial charge in [-0.15, -0.1) is 0 Å². The molecule has 0 aliphatic carbocycles. The summed E-state index contributed by atoms with van der Waals surface area (Å²) in [5, 5.41) is 3.58. The van der Waals surface area contributed by atoms with E-state index in [2.05, 4.69) is 5.32 Å². The van der Waals surface area contributed by atoms with E-state index < -0.39 is 11.6 Å². The van der Waals surface area contributed by atoms with Crippen LogP contribution < -0.4 is 5.32 Å². The van der Waals surface area contributed by atoms with Crippen LogP contribution >= 0.6 is 23.2 Å². The number of halogens is 2. The molecule has 4 nitrogen and oxygen atoms in total. The van der Waals surface area contributed by atoms with Gasteiger partial charge in [-0.05, 0) is 31.9 Å². The van der Waals surface area contributed by atoms with Crippen molar-refractivity contribution in [1.29, 1.82) is 0 Å². The molecule has 6 heteroatoms. The van der Waals surface area contributed by atoms with Crippen LogP contribution in [0.3, 0.4) is 0 Å². The van der Waals surface area contributed by atoms with Crippen molar-refractivity contribution < 1.29 is 9.59 Å². The quantitative estimate of drug-likeness (QED) is 0.927. The van der Waals surface area contributed by atoms with Crippen LogP contribution in [0.2, 0.25) is 10.0 Å². The van der Waals surface area contributed by atoms with Gasteiger partial charge in [0, 0.05) is 6.54 Å². The molecule has 2 amide bonds. The van der Waals surface area contributed by atoms with Crippen LogP contribution in [0, 0.1) is 0 Å². The molecule has 0 bridgehead atoms. The van der Waals surface area contributed by atoms with E-state index in [4.69, 9.17) is 23.2 Å². The van der Waals surface area contributed by atoms with Gasteiger partial charge in [-0.3, -0.25) is 9.59 Å². The normalized spacial score (nSPS) is 26.0. The molecule has 2 atom stereocenters. The van der Waals surface area contributed by atoms with Crippen LogP contribution in [0.15, 0.2) is 18.2 Å². The molecule has 2 unspecified atom stereocenters. The molecule has 0 aromatic heterocycles. The van der Waals surface area contributed by atoms with E-state index in [1.54, 1.807) is 30.9 Å². The first-order chi connectivity index (χ1) is 9.81. The first kappa shape index (κ1) is 16.1. The Morgan fingerprint density at radius 1 is 1.33 bits per heavy atom. The predicted molar refractivity (Wildman–Crippen MR) is 83.3 cm³/mol. The number of nitrogens with one attached hydrogen (secondary N) is 1. The topological polar surface area (TPSA) is 49.4 Å². The monoisotopic (exact) mass is 328 g/mol. The third-order valence-electron chi connectivity index (χ3n) is 4.12. The maximum Gasteiger partial charge on any atom is 0.246 e. The van der Waals surface area contributed by atoms with Gasteiger partial charge in [0.25, 0.3) is 0 Å². The molecule has 1 aliphatic heterocycles. The lowest BCUT2D eigenvalue weighted by atomic mass is 9.90. The number of rotatable bonds is 3. The highest BCUT2D eigenvalue weighted by molar-refractivity contribution is 6.42. The van der Waals surface area contributed by atoms with Crippen LogP contribution in [0.1, 0.15) is 32.8 Å². The highest BCUT2D eigenvalue weighted by Gasteiger charge is 2.46. The number of nitrogens with zero attached hydrogens (tertiary/aromatic N) is 1. The molecule has 1 N–H and O–H groups in total. The van der Waals surface area contributed by atoms with Gasteiger partial charge in [-0.2, -0.15) is 0 Å². The summed E-state index contributed by atoms with van der Waals surface area (Å²) >= 11 is 12.2. The summed E-state index contributed by atoms with van der Waals surface area (Å²) in [4.78, 5) is 26.4. The van der Waals surface area contributed by atoms with Gasteiger partial charge in [-0.1, -0.05) is 42.3 Å². The van der Waals surface area contributed by atoms with Crippen LogP contribution in [-0.4, -0.2) is 28.3 Å². The molecule has 1 aromatic rings. The summed E-state index contributed by atoms with van der Waals surface area (Å²) in [5.74, 6) is -0.259. The molecule has 2 rings (SSSR count). The second kappa shape index (κ2) is 5.85. The molecular weight excluding hydrogens is 311 g/mol. The highest BCUT2D eigenvalue weighted by Crippen LogP contribution is 2.31. The fourth-order valence-corrected chi connectivity index (χ4v) is 2.84. The maximum absolute atomic E-state index is 12.5. The Morgan fingerprint density at radius 3 is 2.62 bits per heavy atom. The number of amides is 2. The van der Waals surface area contributed by atoms with Gasteiger partial charge >= 0.3 is 0 Å². The fourth-order valence-electron chi connectivity index (χ4n) is 2.46. The van der Waals surface area contributed by atoms with Crippen molar-refractivity contribution in [3.05, 3.63) is 33.8 Å². The second-order valence-electron chi connectivity index (χ2n) is 5.46.